The summed E-state index contributed by atoms with van der Waals surface area (Å²) in [5, 5.41) is 15.0. The predicted molar refractivity (Wildman–Crippen MR) is 119 cm³/mol. The fourth-order valence-corrected chi connectivity index (χ4v) is 2.79. The number of nitrogens with zero attached hydrogens (tertiary/aromatic N) is 2. The molecular weight excluding hydrogens is 402 g/mol. The smallest absolute Gasteiger partial charge is 0.256 e. The van der Waals surface area contributed by atoms with Gasteiger partial charge in [-0.25, -0.2) is 9.97 Å². The van der Waals surface area contributed by atoms with Crippen LogP contribution in [-0.4, -0.2) is 27.3 Å². The number of anilines is 2. The van der Waals surface area contributed by atoms with Crippen LogP contribution in [0.1, 0.15) is 36.7 Å². The molecule has 0 unspecified atom stereocenters. The van der Waals surface area contributed by atoms with E-state index in [1.165, 1.54) is 6.33 Å². The van der Waals surface area contributed by atoms with Gasteiger partial charge in [-0.1, -0.05) is 35.9 Å². The van der Waals surface area contributed by atoms with Crippen molar-refractivity contribution >= 4 is 35.0 Å². The molecule has 0 saturated carbocycles. The van der Waals surface area contributed by atoms with Gasteiger partial charge in [-0.2, -0.15) is 0 Å². The van der Waals surface area contributed by atoms with E-state index in [9.17, 15) is 4.79 Å². The highest BCUT2D eigenvalue weighted by Gasteiger charge is 2.23. The maximum atomic E-state index is 12.7. The number of hydrogen-bond donors (Lipinski definition) is 3. The van der Waals surface area contributed by atoms with Gasteiger partial charge in [0.1, 0.15) is 23.5 Å². The van der Waals surface area contributed by atoms with Crippen LogP contribution in [-0.2, 0) is 0 Å². The molecule has 0 aliphatic rings. The fraction of sp³-hybridized carbons (Fsp3) is 0.182. The summed E-state index contributed by atoms with van der Waals surface area (Å²) in [6.45, 7) is 5.88. The lowest BCUT2D eigenvalue weighted by Crippen LogP contribution is -2.29. The molecule has 30 heavy (non-hydrogen) atoms. The zero-order chi connectivity index (χ0) is 21.7. The van der Waals surface area contributed by atoms with Crippen molar-refractivity contribution < 1.29 is 9.53 Å². The average molecular weight is 424 g/mol. The van der Waals surface area contributed by atoms with E-state index < -0.39 is 0 Å². The number of benzene rings is 2. The Morgan fingerprint density at radius 3 is 2.40 bits per heavy atom. The third-order valence-electron chi connectivity index (χ3n) is 3.85. The summed E-state index contributed by atoms with van der Waals surface area (Å²) in [5.41, 5.74) is 0.353. The van der Waals surface area contributed by atoms with Crippen LogP contribution in [0.2, 0.25) is 5.02 Å². The molecule has 0 fully saturated rings. The summed E-state index contributed by atoms with van der Waals surface area (Å²) in [4.78, 5) is 21.1. The van der Waals surface area contributed by atoms with Crippen molar-refractivity contribution in [2.45, 2.75) is 26.3 Å². The molecule has 0 bridgehead atoms. The summed E-state index contributed by atoms with van der Waals surface area (Å²) in [7, 11) is 0. The topological polar surface area (TPSA) is 100.0 Å². The monoisotopic (exact) mass is 423 g/mol. The normalized spacial score (nSPS) is 10.9. The van der Waals surface area contributed by atoms with Gasteiger partial charge in [0.2, 0.25) is 5.90 Å². The van der Waals surface area contributed by atoms with Crippen molar-refractivity contribution in [3.63, 3.8) is 0 Å². The Balaban J connectivity index is 1.98. The number of hydrogen-bond acceptors (Lipinski definition) is 6. The second-order valence-electron chi connectivity index (χ2n) is 7.53. The average Bonchev–Trinajstić information content (AvgIpc) is 2.67. The lowest BCUT2D eigenvalue weighted by molar-refractivity contribution is 0.102. The van der Waals surface area contributed by atoms with Crippen molar-refractivity contribution in [1.82, 2.24) is 9.97 Å². The minimum atomic E-state index is -0.354. The van der Waals surface area contributed by atoms with Crippen molar-refractivity contribution in [2.24, 2.45) is 0 Å². The fourth-order valence-electron chi connectivity index (χ4n) is 2.61. The van der Waals surface area contributed by atoms with Crippen LogP contribution in [0.15, 0.2) is 60.9 Å². The maximum absolute atomic E-state index is 12.7. The van der Waals surface area contributed by atoms with Crippen molar-refractivity contribution in [3.05, 3.63) is 77.1 Å². The van der Waals surface area contributed by atoms with Gasteiger partial charge < -0.3 is 15.4 Å². The SMILES string of the molecule is CC(C)(C)Nc1ncnc(NC(=O)c2ccccc2)c1C(=N)Oc1cccc(Cl)c1. The van der Waals surface area contributed by atoms with Gasteiger partial charge in [-0.05, 0) is 51.1 Å². The van der Waals surface area contributed by atoms with E-state index in [-0.39, 0.29) is 28.7 Å². The molecule has 3 aromatic rings. The number of halogens is 1. The number of carbonyl (C=O) groups excluding carboxylic acids is 1. The van der Waals surface area contributed by atoms with Crippen LogP contribution in [0.3, 0.4) is 0 Å². The van der Waals surface area contributed by atoms with E-state index in [0.29, 0.717) is 22.2 Å². The Labute approximate surface area is 180 Å². The zero-order valence-electron chi connectivity index (χ0n) is 16.9. The first-order valence-electron chi connectivity index (χ1n) is 9.25. The number of rotatable bonds is 5. The van der Waals surface area contributed by atoms with Crippen LogP contribution < -0.4 is 15.4 Å². The zero-order valence-corrected chi connectivity index (χ0v) is 17.6. The van der Waals surface area contributed by atoms with E-state index in [1.807, 2.05) is 26.8 Å². The Bertz CT molecular complexity index is 1060. The van der Waals surface area contributed by atoms with Gasteiger partial charge in [-0.15, -0.1) is 0 Å². The van der Waals surface area contributed by atoms with Crippen LogP contribution >= 0.6 is 11.6 Å². The van der Waals surface area contributed by atoms with Crippen LogP contribution in [0.5, 0.6) is 5.75 Å². The Morgan fingerprint density at radius 1 is 1.03 bits per heavy atom. The minimum absolute atomic E-state index is 0.164. The number of carbonyl (C=O) groups is 1. The first kappa shape index (κ1) is 21.3. The summed E-state index contributed by atoms with van der Waals surface area (Å²) < 4.78 is 5.69. The molecule has 154 valence electrons. The van der Waals surface area contributed by atoms with Gasteiger partial charge >= 0.3 is 0 Å². The van der Waals surface area contributed by atoms with Crippen molar-refractivity contribution in [1.29, 1.82) is 5.41 Å². The molecule has 2 aromatic carbocycles. The van der Waals surface area contributed by atoms with Crippen LogP contribution in [0, 0.1) is 5.41 Å². The highest BCUT2D eigenvalue weighted by molar-refractivity contribution is 6.30. The highest BCUT2D eigenvalue weighted by Crippen LogP contribution is 2.26. The van der Waals surface area contributed by atoms with Crippen molar-refractivity contribution in [2.75, 3.05) is 10.6 Å². The maximum Gasteiger partial charge on any atom is 0.256 e. The lowest BCUT2D eigenvalue weighted by Gasteiger charge is -2.24. The molecule has 0 atom stereocenters. The Morgan fingerprint density at radius 2 is 1.73 bits per heavy atom. The third-order valence-corrected chi connectivity index (χ3v) is 4.09. The van der Waals surface area contributed by atoms with Gasteiger partial charge in [0.25, 0.3) is 5.91 Å². The first-order chi connectivity index (χ1) is 14.2. The lowest BCUT2D eigenvalue weighted by atomic mass is 10.1. The molecule has 1 amide bonds. The molecular formula is C22H22ClN5O2. The molecule has 0 spiro atoms. The van der Waals surface area contributed by atoms with Crippen molar-refractivity contribution in [3.8, 4) is 5.75 Å². The molecule has 3 N–H and O–H groups in total. The van der Waals surface area contributed by atoms with Gasteiger partial charge in [-0.3, -0.25) is 10.2 Å². The molecule has 0 saturated heterocycles. The Kier molecular flexibility index (Phi) is 6.32. The number of nitrogens with one attached hydrogen (secondary N) is 3. The number of amides is 1. The summed E-state index contributed by atoms with van der Waals surface area (Å²) in [6.07, 6.45) is 1.32. The molecule has 1 aromatic heterocycles. The van der Waals surface area contributed by atoms with E-state index in [4.69, 9.17) is 21.7 Å². The Hall–Kier alpha value is -3.45. The number of ether oxygens (including phenoxy) is 1. The molecule has 0 radical (unpaired) electrons. The molecule has 0 aliphatic carbocycles. The molecule has 1 heterocycles. The second kappa shape index (κ2) is 8.92. The van der Waals surface area contributed by atoms with Gasteiger partial charge in [0, 0.05) is 16.1 Å². The van der Waals surface area contributed by atoms with Gasteiger partial charge in [0.05, 0.1) is 0 Å². The molecule has 3 rings (SSSR count). The highest BCUT2D eigenvalue weighted by atomic mass is 35.5. The largest absolute Gasteiger partial charge is 0.439 e. The quantitative estimate of drug-likeness (QED) is 0.396. The van der Waals surface area contributed by atoms with E-state index in [1.54, 1.807) is 48.5 Å². The molecule has 8 heteroatoms. The van der Waals surface area contributed by atoms with E-state index in [2.05, 4.69) is 20.6 Å². The van der Waals surface area contributed by atoms with Crippen LogP contribution in [0.25, 0.3) is 0 Å². The first-order valence-corrected chi connectivity index (χ1v) is 9.62. The van der Waals surface area contributed by atoms with Gasteiger partial charge in [0.15, 0.2) is 5.82 Å². The second-order valence-corrected chi connectivity index (χ2v) is 7.97. The molecule has 7 nitrogen and oxygen atoms in total. The minimum Gasteiger partial charge on any atom is -0.439 e. The van der Waals surface area contributed by atoms with E-state index >= 15 is 0 Å². The standard InChI is InChI=1S/C22H22ClN5O2/c1-22(2,3)28-20-17(18(24)30-16-11-7-10-15(23)12-16)19(25-13-26-20)27-21(29)14-8-5-4-6-9-14/h4-13,24H,1-3H3,(H2,25,26,27,28,29). The van der Waals surface area contributed by atoms with Crippen LogP contribution in [0.4, 0.5) is 11.6 Å². The summed E-state index contributed by atoms with van der Waals surface area (Å²) >= 11 is 6.02. The molecule has 0 aliphatic heterocycles. The van der Waals surface area contributed by atoms with E-state index in [0.717, 1.165) is 0 Å². The summed E-state index contributed by atoms with van der Waals surface area (Å²) in [6, 6.07) is 15.5. The predicted octanol–water partition coefficient (Wildman–Crippen LogP) is 5.00. The third kappa shape index (κ3) is 5.55. The summed E-state index contributed by atoms with van der Waals surface area (Å²) in [5.74, 6) is 0.338. The number of aromatic nitrogens is 2.